The van der Waals surface area contributed by atoms with E-state index in [9.17, 15) is 14.3 Å². The molecule has 2 N–H and O–H groups in total. The second-order valence-corrected chi connectivity index (χ2v) is 7.36. The molecule has 0 unspecified atom stereocenters. The van der Waals surface area contributed by atoms with Crippen LogP contribution in [-0.4, -0.2) is 59.3 Å². The lowest BCUT2D eigenvalue weighted by molar-refractivity contribution is 0.00275. The van der Waals surface area contributed by atoms with Crippen molar-refractivity contribution in [2.45, 2.75) is 44.8 Å². The second-order valence-electron chi connectivity index (χ2n) is 6.95. The standard InChI is InChI=1S/C18H25ClFN3O2/c1-12-10-15(13(19)11-14(12)20)21-18(25)23-8-6-22(7-9-23)16-4-2-3-5-17(16)24/h10-11,16-17,24H,2-9H2,1H3,(H,21,25)/t16-,17-/m0/s1. The molecule has 1 aromatic carbocycles. The lowest BCUT2D eigenvalue weighted by Crippen LogP contribution is -2.56. The van der Waals surface area contributed by atoms with E-state index in [0.29, 0.717) is 24.3 Å². The van der Waals surface area contributed by atoms with Crippen LogP contribution in [0, 0.1) is 12.7 Å². The van der Waals surface area contributed by atoms with Gasteiger partial charge >= 0.3 is 6.03 Å². The number of aliphatic hydroxyl groups excluding tert-OH is 1. The summed E-state index contributed by atoms with van der Waals surface area (Å²) in [6.45, 7) is 4.35. The van der Waals surface area contributed by atoms with E-state index < -0.39 is 0 Å². The third-order valence-electron chi connectivity index (χ3n) is 5.25. The van der Waals surface area contributed by atoms with Crippen LogP contribution in [0.25, 0.3) is 0 Å². The first-order valence-corrected chi connectivity index (χ1v) is 9.27. The van der Waals surface area contributed by atoms with E-state index in [1.165, 1.54) is 6.07 Å². The zero-order valence-corrected chi connectivity index (χ0v) is 15.2. The fourth-order valence-corrected chi connectivity index (χ4v) is 3.92. The number of nitrogens with zero attached hydrogens (tertiary/aromatic N) is 2. The number of benzene rings is 1. The number of hydrogen-bond donors (Lipinski definition) is 2. The summed E-state index contributed by atoms with van der Waals surface area (Å²) in [6, 6.07) is 2.75. The number of amides is 2. The Hall–Kier alpha value is -1.37. The molecular weight excluding hydrogens is 345 g/mol. The topological polar surface area (TPSA) is 55.8 Å². The minimum atomic E-state index is -0.386. The largest absolute Gasteiger partial charge is 0.391 e. The quantitative estimate of drug-likeness (QED) is 0.841. The number of aliphatic hydroxyl groups is 1. The van der Waals surface area contributed by atoms with Crippen molar-refractivity contribution in [2.24, 2.45) is 0 Å². The molecule has 0 spiro atoms. The lowest BCUT2D eigenvalue weighted by Gasteiger charge is -2.42. The van der Waals surface area contributed by atoms with Crippen LogP contribution < -0.4 is 5.32 Å². The second kappa shape index (κ2) is 7.89. The Kier molecular flexibility index (Phi) is 5.81. The van der Waals surface area contributed by atoms with Crippen LogP contribution >= 0.6 is 11.6 Å². The number of urea groups is 1. The molecule has 1 aliphatic heterocycles. The van der Waals surface area contributed by atoms with Gasteiger partial charge < -0.3 is 15.3 Å². The van der Waals surface area contributed by atoms with Crippen LogP contribution in [0.4, 0.5) is 14.9 Å². The van der Waals surface area contributed by atoms with E-state index in [0.717, 1.165) is 38.8 Å². The summed E-state index contributed by atoms with van der Waals surface area (Å²) in [6.07, 6.45) is 3.89. The fraction of sp³-hybridized carbons (Fsp3) is 0.611. The summed E-state index contributed by atoms with van der Waals surface area (Å²) in [7, 11) is 0. The molecule has 1 aliphatic carbocycles. The summed E-state index contributed by atoms with van der Waals surface area (Å²) < 4.78 is 13.5. The number of nitrogens with one attached hydrogen (secondary N) is 1. The van der Waals surface area contributed by atoms with Crippen LogP contribution in [0.1, 0.15) is 31.2 Å². The molecule has 0 aromatic heterocycles. The molecule has 1 saturated carbocycles. The van der Waals surface area contributed by atoms with Gasteiger partial charge in [0.25, 0.3) is 0 Å². The number of anilines is 1. The van der Waals surface area contributed by atoms with E-state index in [1.54, 1.807) is 17.9 Å². The molecule has 1 aromatic rings. The molecule has 2 aliphatic rings. The third-order valence-corrected chi connectivity index (χ3v) is 5.57. The van der Waals surface area contributed by atoms with E-state index >= 15 is 0 Å². The number of halogens is 2. The highest BCUT2D eigenvalue weighted by Gasteiger charge is 2.32. The number of carbonyl (C=O) groups excluding carboxylic acids is 1. The summed E-state index contributed by atoms with van der Waals surface area (Å²) >= 11 is 6.02. The van der Waals surface area contributed by atoms with E-state index in [1.807, 2.05) is 0 Å². The third kappa shape index (κ3) is 4.25. The van der Waals surface area contributed by atoms with Crippen LogP contribution in [0.2, 0.25) is 5.02 Å². The monoisotopic (exact) mass is 369 g/mol. The van der Waals surface area contributed by atoms with Crippen molar-refractivity contribution >= 4 is 23.3 Å². The van der Waals surface area contributed by atoms with Gasteiger partial charge in [0.2, 0.25) is 0 Å². The lowest BCUT2D eigenvalue weighted by atomic mass is 9.91. The van der Waals surface area contributed by atoms with Crippen LogP contribution in [0.5, 0.6) is 0 Å². The van der Waals surface area contributed by atoms with Crippen molar-refractivity contribution in [1.29, 1.82) is 0 Å². The van der Waals surface area contributed by atoms with E-state index in [4.69, 9.17) is 11.6 Å². The zero-order valence-electron chi connectivity index (χ0n) is 14.5. The molecule has 1 heterocycles. The Labute approximate surface area is 152 Å². The van der Waals surface area contributed by atoms with Crippen molar-refractivity contribution in [2.75, 3.05) is 31.5 Å². The maximum Gasteiger partial charge on any atom is 0.321 e. The van der Waals surface area contributed by atoms with Gasteiger partial charge in [0, 0.05) is 32.2 Å². The normalized spacial score (nSPS) is 25.0. The van der Waals surface area contributed by atoms with Crippen molar-refractivity contribution in [3.63, 3.8) is 0 Å². The molecule has 2 amide bonds. The first kappa shape index (κ1) is 18.4. The highest BCUT2D eigenvalue weighted by molar-refractivity contribution is 6.33. The van der Waals surface area contributed by atoms with Gasteiger partial charge in [-0.2, -0.15) is 0 Å². The van der Waals surface area contributed by atoms with Gasteiger partial charge in [0.1, 0.15) is 5.82 Å². The molecule has 2 atom stereocenters. The maximum absolute atomic E-state index is 13.5. The Balaban J connectivity index is 1.56. The first-order chi connectivity index (χ1) is 12.0. The molecule has 2 fully saturated rings. The SMILES string of the molecule is Cc1cc(NC(=O)N2CCN([C@H]3CCCC[C@@H]3O)CC2)c(Cl)cc1F. The number of piperazine rings is 1. The Morgan fingerprint density at radius 1 is 1.24 bits per heavy atom. The minimum absolute atomic E-state index is 0.195. The van der Waals surface area contributed by atoms with Crippen molar-refractivity contribution in [3.05, 3.63) is 28.5 Å². The van der Waals surface area contributed by atoms with Gasteiger partial charge in [0.15, 0.2) is 0 Å². The van der Waals surface area contributed by atoms with Gasteiger partial charge in [-0.25, -0.2) is 9.18 Å². The smallest absolute Gasteiger partial charge is 0.321 e. The highest BCUT2D eigenvalue weighted by atomic mass is 35.5. The summed E-state index contributed by atoms with van der Waals surface area (Å²) in [5.41, 5.74) is 0.867. The molecule has 138 valence electrons. The van der Waals surface area contributed by atoms with Crippen LogP contribution in [0.15, 0.2) is 12.1 Å². The van der Waals surface area contributed by atoms with Gasteiger partial charge in [-0.15, -0.1) is 0 Å². The van der Waals surface area contributed by atoms with Crippen LogP contribution in [-0.2, 0) is 0 Å². The number of hydrogen-bond acceptors (Lipinski definition) is 3. The number of rotatable bonds is 2. The molecule has 25 heavy (non-hydrogen) atoms. The van der Waals surface area contributed by atoms with E-state index in [2.05, 4.69) is 10.2 Å². The van der Waals surface area contributed by atoms with Crippen molar-refractivity contribution < 1.29 is 14.3 Å². The Morgan fingerprint density at radius 2 is 1.92 bits per heavy atom. The minimum Gasteiger partial charge on any atom is -0.391 e. The van der Waals surface area contributed by atoms with Crippen molar-refractivity contribution in [3.8, 4) is 0 Å². The van der Waals surface area contributed by atoms with Gasteiger partial charge in [-0.05, 0) is 37.5 Å². The Bertz CT molecular complexity index is 635. The highest BCUT2D eigenvalue weighted by Crippen LogP contribution is 2.26. The summed E-state index contributed by atoms with van der Waals surface area (Å²) in [5, 5.41) is 13.2. The fourth-order valence-electron chi connectivity index (χ4n) is 3.72. The average Bonchev–Trinajstić information content (AvgIpc) is 2.60. The molecule has 1 saturated heterocycles. The van der Waals surface area contributed by atoms with Gasteiger partial charge in [-0.3, -0.25) is 4.90 Å². The first-order valence-electron chi connectivity index (χ1n) is 8.89. The van der Waals surface area contributed by atoms with Gasteiger partial charge in [0.05, 0.1) is 16.8 Å². The van der Waals surface area contributed by atoms with Crippen LogP contribution in [0.3, 0.4) is 0 Å². The predicted molar refractivity (Wildman–Crippen MR) is 96.6 cm³/mol. The number of aryl methyl sites for hydroxylation is 1. The summed E-state index contributed by atoms with van der Waals surface area (Å²) in [4.78, 5) is 16.5. The Morgan fingerprint density at radius 3 is 2.60 bits per heavy atom. The molecule has 5 nitrogen and oxygen atoms in total. The zero-order chi connectivity index (χ0) is 18.0. The van der Waals surface area contributed by atoms with Crippen molar-refractivity contribution in [1.82, 2.24) is 9.80 Å². The van der Waals surface area contributed by atoms with E-state index in [-0.39, 0.29) is 29.0 Å². The molecular formula is C18H25ClFN3O2. The average molecular weight is 370 g/mol. The molecule has 3 rings (SSSR count). The number of carbonyl (C=O) groups is 1. The molecule has 0 radical (unpaired) electrons. The summed E-state index contributed by atoms with van der Waals surface area (Å²) in [5.74, 6) is -0.386. The maximum atomic E-state index is 13.5. The predicted octanol–water partition coefficient (Wildman–Crippen LogP) is 3.24. The molecule has 0 bridgehead atoms. The van der Waals surface area contributed by atoms with Gasteiger partial charge in [-0.1, -0.05) is 24.4 Å². The molecule has 7 heteroatoms.